The van der Waals surface area contributed by atoms with Gasteiger partial charge in [0.2, 0.25) is 0 Å². The quantitative estimate of drug-likeness (QED) is 0.659. The van der Waals surface area contributed by atoms with Gasteiger partial charge >= 0.3 is 5.97 Å². The molecule has 2 aromatic rings. The van der Waals surface area contributed by atoms with Crippen LogP contribution in [-0.2, 0) is 16.2 Å². The average Bonchev–Trinajstić information content (AvgIpc) is 2.89. The van der Waals surface area contributed by atoms with Crippen LogP contribution in [0.3, 0.4) is 0 Å². The SMILES string of the molecule is O=C(O)CN1C(=O)S/C(=C/c2ccccc2OCc2ccc(Cl)cc2Cl)C1=O. The third-order valence-electron chi connectivity index (χ3n) is 3.77. The van der Waals surface area contributed by atoms with Gasteiger partial charge in [0.25, 0.3) is 11.1 Å². The largest absolute Gasteiger partial charge is 0.488 e. The Labute approximate surface area is 174 Å². The third kappa shape index (κ3) is 4.67. The number of carbonyl (C=O) groups excluding carboxylic acids is 2. The Balaban J connectivity index is 1.80. The topological polar surface area (TPSA) is 83.9 Å². The van der Waals surface area contributed by atoms with Gasteiger partial charge in [0, 0.05) is 21.2 Å². The van der Waals surface area contributed by atoms with Crippen LogP contribution >= 0.6 is 35.0 Å². The van der Waals surface area contributed by atoms with Crippen LogP contribution in [0.1, 0.15) is 11.1 Å². The lowest BCUT2D eigenvalue weighted by molar-refractivity contribution is -0.140. The summed E-state index contributed by atoms with van der Waals surface area (Å²) in [7, 11) is 0. The van der Waals surface area contributed by atoms with Crippen LogP contribution in [0.15, 0.2) is 47.4 Å². The third-order valence-corrected chi connectivity index (χ3v) is 5.27. The predicted molar refractivity (Wildman–Crippen MR) is 108 cm³/mol. The highest BCUT2D eigenvalue weighted by molar-refractivity contribution is 8.18. The van der Waals surface area contributed by atoms with Gasteiger partial charge in [-0.05, 0) is 36.0 Å². The number of benzene rings is 2. The molecule has 1 saturated heterocycles. The number of rotatable bonds is 6. The highest BCUT2D eigenvalue weighted by atomic mass is 35.5. The van der Waals surface area contributed by atoms with E-state index in [4.69, 9.17) is 33.0 Å². The minimum absolute atomic E-state index is 0.131. The second-order valence-electron chi connectivity index (χ2n) is 5.72. The Kier molecular flexibility index (Phi) is 6.28. The van der Waals surface area contributed by atoms with Crippen molar-refractivity contribution in [3.05, 3.63) is 68.5 Å². The lowest BCUT2D eigenvalue weighted by Gasteiger charge is -2.11. The molecule has 0 unspecified atom stereocenters. The molecule has 0 bridgehead atoms. The second kappa shape index (κ2) is 8.68. The van der Waals surface area contributed by atoms with E-state index in [1.165, 1.54) is 6.08 Å². The highest BCUT2D eigenvalue weighted by Crippen LogP contribution is 2.34. The van der Waals surface area contributed by atoms with E-state index in [-0.39, 0.29) is 11.5 Å². The Morgan fingerprint density at radius 2 is 1.93 bits per heavy atom. The molecule has 144 valence electrons. The first-order chi connectivity index (χ1) is 13.3. The van der Waals surface area contributed by atoms with Crippen LogP contribution in [0, 0.1) is 0 Å². The maximum absolute atomic E-state index is 12.3. The van der Waals surface area contributed by atoms with Crippen molar-refractivity contribution in [2.24, 2.45) is 0 Å². The summed E-state index contributed by atoms with van der Waals surface area (Å²) in [6.07, 6.45) is 1.51. The minimum Gasteiger partial charge on any atom is -0.488 e. The fraction of sp³-hybridized carbons (Fsp3) is 0.105. The zero-order valence-corrected chi connectivity index (χ0v) is 16.6. The Hall–Kier alpha value is -2.48. The fourth-order valence-electron chi connectivity index (χ4n) is 2.44. The number of carbonyl (C=O) groups is 3. The number of amides is 2. The van der Waals surface area contributed by atoms with E-state index >= 15 is 0 Å². The number of thioether (sulfide) groups is 1. The number of ether oxygens (including phenoxy) is 1. The van der Waals surface area contributed by atoms with Gasteiger partial charge in [0.1, 0.15) is 18.9 Å². The summed E-state index contributed by atoms with van der Waals surface area (Å²) in [5.41, 5.74) is 1.32. The number of hydrogen-bond acceptors (Lipinski definition) is 5. The first-order valence-corrected chi connectivity index (χ1v) is 9.55. The van der Waals surface area contributed by atoms with Crippen molar-refractivity contribution < 1.29 is 24.2 Å². The van der Waals surface area contributed by atoms with Crippen molar-refractivity contribution in [2.75, 3.05) is 6.54 Å². The van der Waals surface area contributed by atoms with Crippen LogP contribution in [0.5, 0.6) is 5.75 Å². The van der Waals surface area contributed by atoms with Crippen LogP contribution < -0.4 is 4.74 Å². The number of carboxylic acids is 1. The van der Waals surface area contributed by atoms with E-state index in [9.17, 15) is 14.4 Å². The molecule has 0 saturated carbocycles. The van der Waals surface area contributed by atoms with Gasteiger partial charge in [-0.2, -0.15) is 0 Å². The molecule has 6 nitrogen and oxygen atoms in total. The average molecular weight is 438 g/mol. The molecule has 2 amide bonds. The van der Waals surface area contributed by atoms with Gasteiger partial charge in [0.05, 0.1) is 4.91 Å². The molecule has 9 heteroatoms. The van der Waals surface area contributed by atoms with Gasteiger partial charge in [-0.15, -0.1) is 0 Å². The van der Waals surface area contributed by atoms with E-state index < -0.39 is 23.7 Å². The number of carboxylic acid groups (broad SMARTS) is 1. The number of hydrogen-bond donors (Lipinski definition) is 1. The summed E-state index contributed by atoms with van der Waals surface area (Å²) >= 11 is 12.7. The normalized spacial score (nSPS) is 15.4. The van der Waals surface area contributed by atoms with E-state index in [1.807, 2.05) is 0 Å². The van der Waals surface area contributed by atoms with Crippen molar-refractivity contribution in [1.82, 2.24) is 4.90 Å². The second-order valence-corrected chi connectivity index (χ2v) is 7.56. The van der Waals surface area contributed by atoms with Gasteiger partial charge in [-0.1, -0.05) is 47.5 Å². The van der Waals surface area contributed by atoms with Gasteiger partial charge in [0.15, 0.2) is 0 Å². The Bertz CT molecular complexity index is 992. The number of imide groups is 1. The van der Waals surface area contributed by atoms with Crippen molar-refractivity contribution in [1.29, 1.82) is 0 Å². The zero-order chi connectivity index (χ0) is 20.3. The first-order valence-electron chi connectivity index (χ1n) is 7.98. The predicted octanol–water partition coefficient (Wildman–Crippen LogP) is 4.69. The maximum Gasteiger partial charge on any atom is 0.323 e. The number of nitrogens with zero attached hydrogens (tertiary/aromatic N) is 1. The number of para-hydroxylation sites is 1. The molecule has 2 aromatic carbocycles. The van der Waals surface area contributed by atoms with Crippen LogP contribution in [-0.4, -0.2) is 33.7 Å². The first kappa shape index (κ1) is 20.3. The summed E-state index contributed by atoms with van der Waals surface area (Å²) in [5.74, 6) is -1.42. The van der Waals surface area contributed by atoms with E-state index in [1.54, 1.807) is 42.5 Å². The summed E-state index contributed by atoms with van der Waals surface area (Å²) in [4.78, 5) is 35.8. The van der Waals surface area contributed by atoms with E-state index in [0.29, 0.717) is 38.0 Å². The van der Waals surface area contributed by atoms with Crippen molar-refractivity contribution >= 4 is 58.2 Å². The monoisotopic (exact) mass is 437 g/mol. The molecule has 1 aliphatic rings. The molecular formula is C19H13Cl2NO5S. The molecule has 0 radical (unpaired) electrons. The summed E-state index contributed by atoms with van der Waals surface area (Å²) in [6.45, 7) is -0.490. The summed E-state index contributed by atoms with van der Waals surface area (Å²) < 4.78 is 5.82. The molecule has 28 heavy (non-hydrogen) atoms. The molecule has 3 rings (SSSR count). The summed E-state index contributed by atoms with van der Waals surface area (Å²) in [6, 6.07) is 12.1. The standard InChI is InChI=1S/C19H13Cl2NO5S/c20-13-6-5-12(14(21)8-13)10-27-15-4-2-1-3-11(15)7-16-18(25)22(9-17(23)24)19(26)28-16/h1-8H,9-10H2,(H,23,24)/b16-7+. The van der Waals surface area contributed by atoms with Crippen LogP contribution in [0.25, 0.3) is 6.08 Å². The molecule has 1 fully saturated rings. The lowest BCUT2D eigenvalue weighted by atomic mass is 10.1. The zero-order valence-electron chi connectivity index (χ0n) is 14.2. The number of halogens is 2. The van der Waals surface area contributed by atoms with Gasteiger partial charge < -0.3 is 9.84 Å². The maximum atomic E-state index is 12.3. The molecular weight excluding hydrogens is 425 g/mol. The van der Waals surface area contributed by atoms with E-state index in [0.717, 1.165) is 5.56 Å². The smallest absolute Gasteiger partial charge is 0.323 e. The molecule has 0 aromatic heterocycles. The van der Waals surface area contributed by atoms with Crippen LogP contribution in [0.2, 0.25) is 10.0 Å². The van der Waals surface area contributed by atoms with Crippen molar-refractivity contribution in [3.8, 4) is 5.75 Å². The minimum atomic E-state index is -1.26. The Morgan fingerprint density at radius 1 is 1.18 bits per heavy atom. The van der Waals surface area contributed by atoms with E-state index in [2.05, 4.69) is 0 Å². The molecule has 1 heterocycles. The Morgan fingerprint density at radius 3 is 2.64 bits per heavy atom. The molecule has 0 spiro atoms. The van der Waals surface area contributed by atoms with Crippen molar-refractivity contribution in [3.63, 3.8) is 0 Å². The van der Waals surface area contributed by atoms with Gasteiger partial charge in [-0.25, -0.2) is 0 Å². The molecule has 0 atom stereocenters. The van der Waals surface area contributed by atoms with Crippen LogP contribution in [0.4, 0.5) is 4.79 Å². The number of aliphatic carboxylic acids is 1. The van der Waals surface area contributed by atoms with Crippen molar-refractivity contribution in [2.45, 2.75) is 6.61 Å². The molecule has 1 N–H and O–H groups in total. The molecule has 0 aliphatic carbocycles. The highest BCUT2D eigenvalue weighted by Gasteiger charge is 2.36. The summed E-state index contributed by atoms with van der Waals surface area (Å²) in [5, 5.41) is 9.20. The van der Waals surface area contributed by atoms with Gasteiger partial charge in [-0.3, -0.25) is 19.3 Å². The fourth-order valence-corrected chi connectivity index (χ4v) is 3.73. The molecule has 1 aliphatic heterocycles. The lowest BCUT2D eigenvalue weighted by Crippen LogP contribution is -2.33.